The van der Waals surface area contributed by atoms with Gasteiger partial charge in [-0.25, -0.2) is 4.98 Å². The molecule has 6 nitrogen and oxygen atoms in total. The van der Waals surface area contributed by atoms with Crippen LogP contribution in [0.5, 0.6) is 0 Å². The van der Waals surface area contributed by atoms with Crippen molar-refractivity contribution < 1.29 is 4.92 Å². The van der Waals surface area contributed by atoms with Gasteiger partial charge in [0.2, 0.25) is 5.82 Å². The third-order valence-corrected chi connectivity index (χ3v) is 3.99. The van der Waals surface area contributed by atoms with Crippen molar-refractivity contribution in [3.63, 3.8) is 0 Å². The lowest BCUT2D eigenvalue weighted by molar-refractivity contribution is -0.384. The maximum atomic E-state index is 11.3. The summed E-state index contributed by atoms with van der Waals surface area (Å²) in [7, 11) is 0. The molecule has 2 aromatic heterocycles. The Morgan fingerprint density at radius 3 is 2.83 bits per heavy atom. The third kappa shape index (κ3) is 2.80. The van der Waals surface area contributed by atoms with E-state index in [0.717, 1.165) is 16.5 Å². The summed E-state index contributed by atoms with van der Waals surface area (Å²) in [5.74, 6) is -0.436. The number of hydrogen-bond donors (Lipinski definition) is 1. The van der Waals surface area contributed by atoms with E-state index < -0.39 is 4.92 Å². The molecule has 1 aromatic carbocycles. The molecule has 0 bridgehead atoms. The van der Waals surface area contributed by atoms with E-state index in [0.29, 0.717) is 5.56 Å². The fourth-order valence-electron chi connectivity index (χ4n) is 2.62. The first kappa shape index (κ1) is 15.2. The number of pyridine rings is 2. The lowest BCUT2D eigenvalue weighted by Gasteiger charge is -2.14. The van der Waals surface area contributed by atoms with E-state index in [1.807, 2.05) is 37.3 Å². The predicted molar refractivity (Wildman–Crippen MR) is 89.6 cm³/mol. The van der Waals surface area contributed by atoms with Crippen LogP contribution in [0.25, 0.3) is 10.9 Å². The van der Waals surface area contributed by atoms with E-state index in [2.05, 4.69) is 9.97 Å². The highest BCUT2D eigenvalue weighted by atomic mass is 35.5. The average Bonchev–Trinajstić information content (AvgIpc) is 2.52. The number of hydrogen-bond acceptors (Lipinski definition) is 5. The van der Waals surface area contributed by atoms with E-state index in [1.165, 1.54) is 6.07 Å². The average molecular weight is 329 g/mol. The van der Waals surface area contributed by atoms with Gasteiger partial charge in [0.05, 0.1) is 10.4 Å². The first-order valence-corrected chi connectivity index (χ1v) is 7.30. The number of nitrogen functional groups attached to an aromatic ring is 1. The molecule has 0 aliphatic carbocycles. The Labute approximate surface area is 137 Å². The number of fused-ring (bicyclic) bond motifs is 1. The van der Waals surface area contributed by atoms with Gasteiger partial charge < -0.3 is 5.73 Å². The Kier molecular flexibility index (Phi) is 3.83. The second-order valence-electron chi connectivity index (χ2n) is 5.20. The number of rotatable bonds is 3. The van der Waals surface area contributed by atoms with Crippen molar-refractivity contribution in [2.45, 2.75) is 12.8 Å². The molecule has 0 amide bonds. The van der Waals surface area contributed by atoms with Crippen molar-refractivity contribution >= 4 is 34.0 Å². The lowest BCUT2D eigenvalue weighted by atomic mass is 9.91. The quantitative estimate of drug-likeness (QED) is 0.446. The van der Waals surface area contributed by atoms with Crippen molar-refractivity contribution in [3.8, 4) is 0 Å². The Bertz CT molecular complexity index is 914. The summed E-state index contributed by atoms with van der Waals surface area (Å²) in [4.78, 5) is 18.9. The first-order valence-electron chi connectivity index (χ1n) is 6.92. The summed E-state index contributed by atoms with van der Waals surface area (Å²) in [5.41, 5.74) is 7.70. The highest BCUT2D eigenvalue weighted by molar-refractivity contribution is 6.29. The molecule has 0 radical (unpaired) electrons. The zero-order valence-electron chi connectivity index (χ0n) is 12.2. The minimum absolute atomic E-state index is 0.136. The molecule has 0 fully saturated rings. The highest BCUT2D eigenvalue weighted by Gasteiger charge is 2.25. The van der Waals surface area contributed by atoms with Crippen LogP contribution < -0.4 is 5.73 Å². The van der Waals surface area contributed by atoms with E-state index in [9.17, 15) is 10.1 Å². The van der Waals surface area contributed by atoms with Gasteiger partial charge in [-0.2, -0.15) is 0 Å². The van der Waals surface area contributed by atoms with E-state index in [-0.39, 0.29) is 22.6 Å². The molecule has 7 heteroatoms. The number of anilines is 1. The largest absolute Gasteiger partial charge is 0.378 e. The normalized spacial score (nSPS) is 12.3. The molecule has 23 heavy (non-hydrogen) atoms. The summed E-state index contributed by atoms with van der Waals surface area (Å²) in [5, 5.41) is 12.4. The molecule has 3 aromatic rings. The standard InChI is InChI=1S/C16H13ClN4O2/c1-9(10-4-5-13-11(7-10)3-2-6-19-13)12-8-14(17)20-16(18)15(12)21(22)23/h2-9H,1H3,(H2,18,20). The lowest BCUT2D eigenvalue weighted by Crippen LogP contribution is -2.06. The van der Waals surface area contributed by atoms with Crippen molar-refractivity contribution in [2.24, 2.45) is 0 Å². The number of aromatic nitrogens is 2. The molecule has 2 heterocycles. The Morgan fingerprint density at radius 2 is 2.09 bits per heavy atom. The van der Waals surface area contributed by atoms with Gasteiger partial charge in [-0.05, 0) is 29.8 Å². The second-order valence-corrected chi connectivity index (χ2v) is 5.59. The predicted octanol–water partition coefficient (Wildman–Crippen LogP) is 3.93. The van der Waals surface area contributed by atoms with Crippen molar-refractivity contribution in [3.05, 3.63) is 69.0 Å². The van der Waals surface area contributed by atoms with Crippen LogP contribution in [0.3, 0.4) is 0 Å². The molecular weight excluding hydrogens is 316 g/mol. The van der Waals surface area contributed by atoms with Crippen LogP contribution >= 0.6 is 11.6 Å². The van der Waals surface area contributed by atoms with Crippen molar-refractivity contribution in [1.29, 1.82) is 0 Å². The van der Waals surface area contributed by atoms with Crippen LogP contribution in [-0.2, 0) is 0 Å². The van der Waals surface area contributed by atoms with Gasteiger partial charge in [-0.15, -0.1) is 0 Å². The third-order valence-electron chi connectivity index (χ3n) is 3.79. The maximum absolute atomic E-state index is 11.3. The minimum atomic E-state index is -0.521. The Morgan fingerprint density at radius 1 is 1.30 bits per heavy atom. The molecule has 116 valence electrons. The van der Waals surface area contributed by atoms with Gasteiger partial charge >= 0.3 is 5.69 Å². The zero-order chi connectivity index (χ0) is 16.6. The second kappa shape index (κ2) is 5.81. The van der Waals surface area contributed by atoms with Crippen LogP contribution in [0.15, 0.2) is 42.6 Å². The summed E-state index contributed by atoms with van der Waals surface area (Å²) in [6, 6.07) is 11.0. The molecule has 3 rings (SSSR count). The summed E-state index contributed by atoms with van der Waals surface area (Å²) < 4.78 is 0. The Balaban J connectivity index is 2.15. The molecule has 1 unspecified atom stereocenters. The Hall–Kier alpha value is -2.73. The maximum Gasteiger partial charge on any atom is 0.315 e. The topological polar surface area (TPSA) is 94.9 Å². The van der Waals surface area contributed by atoms with Gasteiger partial charge in [-0.1, -0.05) is 30.7 Å². The number of benzene rings is 1. The summed E-state index contributed by atoms with van der Waals surface area (Å²) >= 11 is 5.93. The highest BCUT2D eigenvalue weighted by Crippen LogP contribution is 2.36. The van der Waals surface area contributed by atoms with Crippen LogP contribution in [0.2, 0.25) is 5.15 Å². The van der Waals surface area contributed by atoms with Crippen LogP contribution in [0.4, 0.5) is 11.5 Å². The van der Waals surface area contributed by atoms with Crippen LogP contribution in [0.1, 0.15) is 24.0 Å². The fourth-order valence-corrected chi connectivity index (χ4v) is 2.83. The number of nitrogens with two attached hydrogens (primary N) is 1. The van der Waals surface area contributed by atoms with Crippen molar-refractivity contribution in [1.82, 2.24) is 9.97 Å². The fraction of sp³-hybridized carbons (Fsp3) is 0.125. The molecule has 2 N–H and O–H groups in total. The monoisotopic (exact) mass is 328 g/mol. The molecule has 0 saturated carbocycles. The molecule has 1 atom stereocenters. The number of nitrogens with zero attached hydrogens (tertiary/aromatic N) is 3. The first-order chi connectivity index (χ1) is 11.0. The summed E-state index contributed by atoms with van der Waals surface area (Å²) in [6.45, 7) is 1.87. The zero-order valence-corrected chi connectivity index (χ0v) is 13.0. The van der Waals surface area contributed by atoms with E-state index >= 15 is 0 Å². The SMILES string of the molecule is CC(c1ccc2ncccc2c1)c1cc(Cl)nc(N)c1[N+](=O)[O-]. The van der Waals surface area contributed by atoms with E-state index in [1.54, 1.807) is 6.20 Å². The molecule has 0 saturated heterocycles. The van der Waals surface area contributed by atoms with Gasteiger partial charge in [0.25, 0.3) is 0 Å². The van der Waals surface area contributed by atoms with E-state index in [4.69, 9.17) is 17.3 Å². The molecule has 0 aliphatic rings. The van der Waals surface area contributed by atoms with Gasteiger partial charge in [0.1, 0.15) is 5.15 Å². The molecule has 0 aliphatic heterocycles. The van der Waals surface area contributed by atoms with Gasteiger partial charge in [0.15, 0.2) is 0 Å². The number of halogens is 1. The summed E-state index contributed by atoms with van der Waals surface area (Å²) in [6.07, 6.45) is 1.72. The van der Waals surface area contributed by atoms with Gasteiger partial charge in [-0.3, -0.25) is 15.1 Å². The van der Waals surface area contributed by atoms with Crippen molar-refractivity contribution in [2.75, 3.05) is 5.73 Å². The molecular formula is C16H13ClN4O2. The van der Waals surface area contributed by atoms with Gasteiger partial charge in [0, 0.05) is 23.1 Å². The minimum Gasteiger partial charge on any atom is -0.378 e. The smallest absolute Gasteiger partial charge is 0.315 e. The molecule has 0 spiro atoms. The van der Waals surface area contributed by atoms with Crippen LogP contribution in [-0.4, -0.2) is 14.9 Å². The number of nitro groups is 1. The van der Waals surface area contributed by atoms with Crippen LogP contribution in [0, 0.1) is 10.1 Å².